The summed E-state index contributed by atoms with van der Waals surface area (Å²) in [5.41, 5.74) is 2.64. The molecule has 2 nitrogen and oxygen atoms in total. The molecule has 0 spiro atoms. The van der Waals surface area contributed by atoms with Crippen molar-refractivity contribution in [3.05, 3.63) is 17.7 Å². The Kier molecular flexibility index (Phi) is 0.891. The molecule has 2 rings (SSSR count). The molecule has 2 heteroatoms. The normalized spacial score (nSPS) is 24.3. The van der Waals surface area contributed by atoms with Gasteiger partial charge in [0.15, 0.2) is 0 Å². The highest BCUT2D eigenvalue weighted by Gasteiger charge is 2.19. The monoisotopic (exact) mass is 122 g/mol. The Labute approximate surface area is 54.3 Å². The van der Waals surface area contributed by atoms with E-state index in [1.165, 1.54) is 24.2 Å². The van der Waals surface area contributed by atoms with Crippen LogP contribution in [0.5, 0.6) is 0 Å². The average Bonchev–Trinajstić information content (AvgIpc) is 2.35. The molecule has 48 valence electrons. The molecule has 0 saturated carbocycles. The highest BCUT2D eigenvalue weighted by Crippen LogP contribution is 2.28. The third-order valence-corrected chi connectivity index (χ3v) is 2.05. The van der Waals surface area contributed by atoms with E-state index in [9.17, 15) is 0 Å². The smallest absolute Gasteiger partial charge is 0.0925 e. The van der Waals surface area contributed by atoms with Crippen molar-refractivity contribution in [2.75, 3.05) is 0 Å². The van der Waals surface area contributed by atoms with Gasteiger partial charge in [0.2, 0.25) is 0 Å². The SMILES string of the molecule is C[C@H]1CCc2[nH]cnc21. The van der Waals surface area contributed by atoms with Crippen LogP contribution in [0.2, 0.25) is 0 Å². The Hall–Kier alpha value is -0.790. The summed E-state index contributed by atoms with van der Waals surface area (Å²) in [7, 11) is 0. The number of nitrogens with one attached hydrogen (secondary N) is 1. The molecule has 0 aliphatic heterocycles. The molecule has 1 heterocycles. The first-order valence-corrected chi connectivity index (χ1v) is 3.40. The number of hydrogen-bond donors (Lipinski definition) is 1. The summed E-state index contributed by atoms with van der Waals surface area (Å²) in [5.74, 6) is 0.686. The summed E-state index contributed by atoms with van der Waals surface area (Å²) >= 11 is 0. The van der Waals surface area contributed by atoms with Gasteiger partial charge >= 0.3 is 0 Å². The highest BCUT2D eigenvalue weighted by molar-refractivity contribution is 5.21. The van der Waals surface area contributed by atoms with Crippen LogP contribution in [0, 0.1) is 0 Å². The molecule has 9 heavy (non-hydrogen) atoms. The third-order valence-electron chi connectivity index (χ3n) is 2.05. The number of aryl methyl sites for hydroxylation is 1. The number of rotatable bonds is 0. The molecule has 0 unspecified atom stereocenters. The van der Waals surface area contributed by atoms with Gasteiger partial charge in [0.1, 0.15) is 0 Å². The lowest BCUT2D eigenvalue weighted by molar-refractivity contribution is 0.725. The van der Waals surface area contributed by atoms with Crippen molar-refractivity contribution in [2.24, 2.45) is 0 Å². The molecule has 1 atom stereocenters. The van der Waals surface area contributed by atoms with Gasteiger partial charge in [0.25, 0.3) is 0 Å². The number of imidazole rings is 1. The van der Waals surface area contributed by atoms with Crippen molar-refractivity contribution >= 4 is 0 Å². The van der Waals surface area contributed by atoms with Crippen LogP contribution >= 0.6 is 0 Å². The predicted octanol–water partition coefficient (Wildman–Crippen LogP) is 1.46. The zero-order valence-corrected chi connectivity index (χ0v) is 5.52. The molecule has 0 aromatic carbocycles. The minimum Gasteiger partial charge on any atom is -0.348 e. The number of nitrogens with zero attached hydrogens (tertiary/aromatic N) is 1. The average molecular weight is 122 g/mol. The fraction of sp³-hybridized carbons (Fsp3) is 0.571. The van der Waals surface area contributed by atoms with Crippen molar-refractivity contribution < 1.29 is 0 Å². The molecule has 0 fully saturated rings. The lowest BCUT2D eigenvalue weighted by atomic mass is 10.1. The lowest BCUT2D eigenvalue weighted by Crippen LogP contribution is -1.84. The van der Waals surface area contributed by atoms with Crippen molar-refractivity contribution in [1.82, 2.24) is 9.97 Å². The Balaban J connectivity index is 2.49. The summed E-state index contributed by atoms with van der Waals surface area (Å²) in [6.07, 6.45) is 4.26. The topological polar surface area (TPSA) is 28.7 Å². The van der Waals surface area contributed by atoms with E-state index in [0.717, 1.165) is 0 Å². The Morgan fingerprint density at radius 1 is 1.78 bits per heavy atom. The minimum absolute atomic E-state index is 0.686. The minimum atomic E-state index is 0.686. The van der Waals surface area contributed by atoms with Gasteiger partial charge in [-0.3, -0.25) is 0 Å². The van der Waals surface area contributed by atoms with Crippen LogP contribution in [-0.2, 0) is 6.42 Å². The first-order valence-electron chi connectivity index (χ1n) is 3.40. The van der Waals surface area contributed by atoms with E-state index in [-0.39, 0.29) is 0 Å². The summed E-state index contributed by atoms with van der Waals surface area (Å²) < 4.78 is 0. The van der Waals surface area contributed by atoms with Crippen molar-refractivity contribution in [2.45, 2.75) is 25.7 Å². The van der Waals surface area contributed by atoms with Gasteiger partial charge in [-0.1, -0.05) is 6.92 Å². The van der Waals surface area contributed by atoms with Crippen LogP contribution in [0.3, 0.4) is 0 Å². The first-order chi connectivity index (χ1) is 4.38. The number of fused-ring (bicyclic) bond motifs is 1. The van der Waals surface area contributed by atoms with E-state index in [0.29, 0.717) is 5.92 Å². The van der Waals surface area contributed by atoms with Crippen LogP contribution in [0.25, 0.3) is 0 Å². The molecule has 0 radical (unpaired) electrons. The van der Waals surface area contributed by atoms with Gasteiger partial charge in [-0.15, -0.1) is 0 Å². The van der Waals surface area contributed by atoms with E-state index in [2.05, 4.69) is 16.9 Å². The molecule has 0 amide bonds. The number of aromatic nitrogens is 2. The van der Waals surface area contributed by atoms with Gasteiger partial charge in [-0.05, 0) is 12.8 Å². The summed E-state index contributed by atoms with van der Waals surface area (Å²) in [4.78, 5) is 7.36. The fourth-order valence-corrected chi connectivity index (χ4v) is 1.45. The third kappa shape index (κ3) is 0.590. The van der Waals surface area contributed by atoms with Crippen molar-refractivity contribution in [3.8, 4) is 0 Å². The van der Waals surface area contributed by atoms with Crippen LogP contribution in [0.4, 0.5) is 0 Å². The number of H-pyrrole nitrogens is 1. The Bertz CT molecular complexity index is 214. The molecule has 1 aliphatic carbocycles. The van der Waals surface area contributed by atoms with Crippen molar-refractivity contribution in [3.63, 3.8) is 0 Å². The Morgan fingerprint density at radius 2 is 2.67 bits per heavy atom. The van der Waals surface area contributed by atoms with Gasteiger partial charge in [0, 0.05) is 11.6 Å². The maximum Gasteiger partial charge on any atom is 0.0925 e. The second-order valence-electron chi connectivity index (χ2n) is 2.71. The van der Waals surface area contributed by atoms with E-state index in [4.69, 9.17) is 0 Å². The summed E-state index contributed by atoms with van der Waals surface area (Å²) in [6, 6.07) is 0. The molecular formula is C7H10N2. The highest BCUT2D eigenvalue weighted by atomic mass is 14.9. The van der Waals surface area contributed by atoms with Gasteiger partial charge in [0.05, 0.1) is 12.0 Å². The summed E-state index contributed by atoms with van der Waals surface area (Å²) in [5, 5.41) is 0. The fourth-order valence-electron chi connectivity index (χ4n) is 1.45. The molecule has 1 aromatic rings. The van der Waals surface area contributed by atoms with E-state index >= 15 is 0 Å². The Morgan fingerprint density at radius 3 is 3.44 bits per heavy atom. The predicted molar refractivity (Wildman–Crippen MR) is 35.3 cm³/mol. The zero-order chi connectivity index (χ0) is 6.27. The molecule has 1 aliphatic rings. The van der Waals surface area contributed by atoms with Crippen LogP contribution in [-0.4, -0.2) is 9.97 Å². The van der Waals surface area contributed by atoms with Crippen molar-refractivity contribution in [1.29, 1.82) is 0 Å². The maximum absolute atomic E-state index is 4.22. The molecule has 1 N–H and O–H groups in total. The number of aromatic amines is 1. The van der Waals surface area contributed by atoms with Gasteiger partial charge in [-0.25, -0.2) is 4.98 Å². The van der Waals surface area contributed by atoms with E-state index in [1.807, 2.05) is 0 Å². The first kappa shape index (κ1) is 5.03. The standard InChI is InChI=1S/C7H10N2/c1-5-2-3-6-7(5)9-4-8-6/h4-5H,2-3H2,1H3,(H,8,9)/t5-/m0/s1. The van der Waals surface area contributed by atoms with Crippen LogP contribution in [0.15, 0.2) is 6.33 Å². The van der Waals surface area contributed by atoms with E-state index in [1.54, 1.807) is 6.33 Å². The molecule has 1 aromatic heterocycles. The quantitative estimate of drug-likeness (QED) is 0.554. The second-order valence-corrected chi connectivity index (χ2v) is 2.71. The lowest BCUT2D eigenvalue weighted by Gasteiger charge is -1.94. The molecule has 0 saturated heterocycles. The number of hydrogen-bond acceptors (Lipinski definition) is 1. The van der Waals surface area contributed by atoms with Gasteiger partial charge < -0.3 is 4.98 Å². The second kappa shape index (κ2) is 1.59. The van der Waals surface area contributed by atoms with Gasteiger partial charge in [-0.2, -0.15) is 0 Å². The molecular weight excluding hydrogens is 112 g/mol. The van der Waals surface area contributed by atoms with Crippen LogP contribution in [0.1, 0.15) is 30.7 Å². The largest absolute Gasteiger partial charge is 0.348 e. The zero-order valence-electron chi connectivity index (χ0n) is 5.52. The van der Waals surface area contributed by atoms with Crippen LogP contribution < -0.4 is 0 Å². The molecule has 0 bridgehead atoms. The van der Waals surface area contributed by atoms with E-state index < -0.39 is 0 Å². The maximum atomic E-state index is 4.22. The summed E-state index contributed by atoms with van der Waals surface area (Å²) in [6.45, 7) is 2.23.